The molecule has 0 bridgehead atoms. The number of hydrogen-bond acceptors (Lipinski definition) is 4. The van der Waals surface area contributed by atoms with Gasteiger partial charge in [0.05, 0.1) is 5.69 Å². The number of carbonyl (C=O) groups is 2. The summed E-state index contributed by atoms with van der Waals surface area (Å²) in [5, 5.41) is 5.83. The Morgan fingerprint density at radius 1 is 1.22 bits per heavy atom. The first-order valence-electron chi connectivity index (χ1n) is 8.37. The summed E-state index contributed by atoms with van der Waals surface area (Å²) in [6.45, 7) is 1.98. The van der Waals surface area contributed by atoms with Crippen molar-refractivity contribution in [1.29, 1.82) is 0 Å². The van der Waals surface area contributed by atoms with Crippen LogP contribution in [0.5, 0.6) is 0 Å². The lowest BCUT2D eigenvalue weighted by Gasteiger charge is -2.35. The molecule has 3 aliphatic rings. The van der Waals surface area contributed by atoms with E-state index in [2.05, 4.69) is 15.5 Å². The molecule has 2 aliphatic heterocycles. The zero-order valence-corrected chi connectivity index (χ0v) is 13.8. The van der Waals surface area contributed by atoms with Gasteiger partial charge in [-0.15, -0.1) is 0 Å². The molecular formula is C17H21N3O2S. The van der Waals surface area contributed by atoms with E-state index in [1.54, 1.807) is 17.8 Å². The van der Waals surface area contributed by atoms with Gasteiger partial charge in [-0.1, -0.05) is 18.2 Å². The fourth-order valence-electron chi connectivity index (χ4n) is 3.13. The van der Waals surface area contributed by atoms with Crippen LogP contribution >= 0.6 is 11.8 Å². The van der Waals surface area contributed by atoms with Crippen LogP contribution in [0.2, 0.25) is 0 Å². The molecular weight excluding hydrogens is 310 g/mol. The first kappa shape index (κ1) is 15.0. The lowest BCUT2D eigenvalue weighted by molar-refractivity contribution is -0.118. The number of rotatable bonds is 3. The number of nitrogens with zero attached hydrogens (tertiary/aromatic N) is 1. The quantitative estimate of drug-likeness (QED) is 0.893. The number of amides is 2. The third-order valence-corrected chi connectivity index (χ3v) is 5.94. The number of anilines is 1. The molecule has 1 aromatic carbocycles. The molecule has 1 saturated carbocycles. The zero-order valence-electron chi connectivity index (χ0n) is 13.0. The SMILES string of the molecule is O=C(NC1CC1)c1ccc2c(c1)NC(=O)C(N1CCCCC1)S2. The van der Waals surface area contributed by atoms with Crippen molar-refractivity contribution in [2.24, 2.45) is 0 Å². The number of nitrogens with one attached hydrogen (secondary N) is 2. The Balaban J connectivity index is 1.51. The molecule has 5 nitrogen and oxygen atoms in total. The number of piperidine rings is 1. The van der Waals surface area contributed by atoms with Crippen LogP contribution in [0.3, 0.4) is 0 Å². The first-order valence-corrected chi connectivity index (χ1v) is 9.25. The maximum Gasteiger partial charge on any atom is 0.252 e. The molecule has 1 aromatic rings. The zero-order chi connectivity index (χ0) is 15.8. The Bertz CT molecular complexity index is 639. The molecule has 4 rings (SSSR count). The smallest absolute Gasteiger partial charge is 0.252 e. The van der Waals surface area contributed by atoms with Crippen LogP contribution in [0, 0.1) is 0 Å². The Morgan fingerprint density at radius 2 is 2.00 bits per heavy atom. The third kappa shape index (κ3) is 3.23. The minimum absolute atomic E-state index is 0.0316. The van der Waals surface area contributed by atoms with Crippen LogP contribution < -0.4 is 10.6 Å². The summed E-state index contributed by atoms with van der Waals surface area (Å²) in [4.78, 5) is 27.9. The van der Waals surface area contributed by atoms with Crippen LogP contribution in [-0.2, 0) is 4.79 Å². The van der Waals surface area contributed by atoms with E-state index in [0.717, 1.165) is 49.4 Å². The monoisotopic (exact) mass is 331 g/mol. The van der Waals surface area contributed by atoms with Gasteiger partial charge in [-0.3, -0.25) is 14.5 Å². The number of fused-ring (bicyclic) bond motifs is 1. The van der Waals surface area contributed by atoms with Gasteiger partial charge >= 0.3 is 0 Å². The van der Waals surface area contributed by atoms with E-state index in [0.29, 0.717) is 11.6 Å². The molecule has 1 saturated heterocycles. The molecule has 1 atom stereocenters. The molecule has 0 radical (unpaired) electrons. The highest BCUT2D eigenvalue weighted by Gasteiger charge is 2.33. The van der Waals surface area contributed by atoms with E-state index in [1.807, 2.05) is 12.1 Å². The summed E-state index contributed by atoms with van der Waals surface area (Å²) < 4.78 is 0. The predicted octanol–water partition coefficient (Wildman–Crippen LogP) is 2.44. The van der Waals surface area contributed by atoms with Gasteiger partial charge in [0.25, 0.3) is 11.8 Å². The Morgan fingerprint density at radius 3 is 2.74 bits per heavy atom. The second-order valence-electron chi connectivity index (χ2n) is 6.51. The molecule has 23 heavy (non-hydrogen) atoms. The highest BCUT2D eigenvalue weighted by molar-refractivity contribution is 8.00. The molecule has 1 aliphatic carbocycles. The van der Waals surface area contributed by atoms with E-state index in [4.69, 9.17) is 0 Å². The molecule has 2 fully saturated rings. The topological polar surface area (TPSA) is 61.4 Å². The summed E-state index contributed by atoms with van der Waals surface area (Å²) in [5.41, 5.74) is 1.38. The lowest BCUT2D eigenvalue weighted by atomic mass is 10.1. The van der Waals surface area contributed by atoms with E-state index in [1.165, 1.54) is 6.42 Å². The summed E-state index contributed by atoms with van der Waals surface area (Å²) in [6.07, 6.45) is 5.72. The molecule has 6 heteroatoms. The van der Waals surface area contributed by atoms with Gasteiger partial charge in [0, 0.05) is 16.5 Å². The van der Waals surface area contributed by atoms with E-state index < -0.39 is 0 Å². The van der Waals surface area contributed by atoms with Crippen molar-refractivity contribution in [2.45, 2.75) is 48.4 Å². The van der Waals surface area contributed by atoms with Crippen molar-refractivity contribution in [1.82, 2.24) is 10.2 Å². The van der Waals surface area contributed by atoms with Gasteiger partial charge in [0.1, 0.15) is 5.37 Å². The summed E-state index contributed by atoms with van der Waals surface area (Å²) >= 11 is 1.60. The summed E-state index contributed by atoms with van der Waals surface area (Å²) in [7, 11) is 0. The largest absolute Gasteiger partial charge is 0.349 e. The third-order valence-electron chi connectivity index (χ3n) is 4.60. The molecule has 2 amide bonds. The van der Waals surface area contributed by atoms with Crippen LogP contribution in [0.1, 0.15) is 42.5 Å². The van der Waals surface area contributed by atoms with Crippen LogP contribution in [0.4, 0.5) is 5.69 Å². The van der Waals surface area contributed by atoms with Crippen LogP contribution in [0.25, 0.3) is 0 Å². The second kappa shape index (κ2) is 6.17. The van der Waals surface area contributed by atoms with Crippen molar-refractivity contribution in [3.05, 3.63) is 23.8 Å². The molecule has 1 unspecified atom stereocenters. The highest BCUT2D eigenvalue weighted by Crippen LogP contribution is 2.38. The fraction of sp³-hybridized carbons (Fsp3) is 0.529. The first-order chi connectivity index (χ1) is 11.2. The molecule has 2 N–H and O–H groups in total. The van der Waals surface area contributed by atoms with Gasteiger partial charge in [-0.25, -0.2) is 0 Å². The van der Waals surface area contributed by atoms with Crippen molar-refractivity contribution in [2.75, 3.05) is 18.4 Å². The Hall–Kier alpha value is -1.53. The van der Waals surface area contributed by atoms with Crippen LogP contribution in [-0.4, -0.2) is 41.2 Å². The van der Waals surface area contributed by atoms with Gasteiger partial charge in [-0.05, 0) is 57.0 Å². The lowest BCUT2D eigenvalue weighted by Crippen LogP contribution is -2.46. The number of thioether (sulfide) groups is 1. The maximum atomic E-state index is 12.5. The number of likely N-dealkylation sites (tertiary alicyclic amines) is 1. The van der Waals surface area contributed by atoms with Gasteiger partial charge < -0.3 is 10.6 Å². The molecule has 0 aromatic heterocycles. The highest BCUT2D eigenvalue weighted by atomic mass is 32.2. The van der Waals surface area contributed by atoms with Crippen molar-refractivity contribution in [3.63, 3.8) is 0 Å². The average Bonchev–Trinajstić information content (AvgIpc) is 3.38. The van der Waals surface area contributed by atoms with Gasteiger partial charge in [-0.2, -0.15) is 0 Å². The van der Waals surface area contributed by atoms with E-state index >= 15 is 0 Å². The van der Waals surface area contributed by atoms with E-state index in [9.17, 15) is 9.59 Å². The van der Waals surface area contributed by atoms with Crippen molar-refractivity contribution >= 4 is 29.3 Å². The number of benzene rings is 1. The number of hydrogen-bond donors (Lipinski definition) is 2. The minimum Gasteiger partial charge on any atom is -0.349 e. The normalized spacial score (nSPS) is 24.7. The van der Waals surface area contributed by atoms with Crippen molar-refractivity contribution in [3.8, 4) is 0 Å². The van der Waals surface area contributed by atoms with Gasteiger partial charge in [0.2, 0.25) is 0 Å². The predicted molar refractivity (Wildman–Crippen MR) is 90.6 cm³/mol. The molecule has 122 valence electrons. The number of carbonyl (C=O) groups excluding carboxylic acids is 2. The Kier molecular flexibility index (Phi) is 4.03. The van der Waals surface area contributed by atoms with Crippen LogP contribution in [0.15, 0.2) is 23.1 Å². The second-order valence-corrected chi connectivity index (χ2v) is 7.64. The summed E-state index contributed by atoms with van der Waals surface area (Å²) in [6, 6.07) is 5.95. The average molecular weight is 331 g/mol. The molecule has 0 spiro atoms. The van der Waals surface area contributed by atoms with Gasteiger partial charge in [0.15, 0.2) is 0 Å². The minimum atomic E-state index is -0.144. The maximum absolute atomic E-state index is 12.5. The summed E-state index contributed by atoms with van der Waals surface area (Å²) in [5.74, 6) is -0.0168. The van der Waals surface area contributed by atoms with E-state index in [-0.39, 0.29) is 17.2 Å². The molecule has 2 heterocycles. The van der Waals surface area contributed by atoms with Crippen molar-refractivity contribution < 1.29 is 9.59 Å². The fourth-order valence-corrected chi connectivity index (χ4v) is 4.28. The Labute approximate surface area is 140 Å². The standard InChI is InChI=1S/C17H21N3O2S/c21-15(18-12-5-6-12)11-4-7-14-13(10-11)19-16(22)17(23-14)20-8-2-1-3-9-20/h4,7,10,12,17H,1-3,5-6,8-9H2,(H,18,21)(H,19,22).